The molecule has 1 N–H and O–H groups in total. The first-order chi connectivity index (χ1) is 9.06. The fraction of sp³-hybridized carbons (Fsp3) is 0.625. The van der Waals surface area contributed by atoms with Gasteiger partial charge in [0.15, 0.2) is 0 Å². The highest BCUT2D eigenvalue weighted by molar-refractivity contribution is 6.30. The second-order valence-corrected chi connectivity index (χ2v) is 6.53. The normalized spacial score (nSPS) is 22.6. The van der Waals surface area contributed by atoms with E-state index in [1.165, 1.54) is 18.9 Å². The molecule has 1 aliphatic carbocycles. The number of nitrogens with one attached hydrogen (secondary N) is 1. The van der Waals surface area contributed by atoms with Crippen molar-refractivity contribution in [2.75, 3.05) is 13.1 Å². The Morgan fingerprint density at radius 1 is 1.32 bits per heavy atom. The Balaban J connectivity index is 1.82. The molecule has 0 radical (unpaired) electrons. The molecule has 2 unspecified atom stereocenters. The molecule has 106 valence electrons. The van der Waals surface area contributed by atoms with Gasteiger partial charge in [0.05, 0.1) is 0 Å². The SMILES string of the molecule is CC(C)CNCC1CCC1Cc1ccc(Cl)cc1F. The molecule has 0 aliphatic heterocycles. The van der Waals surface area contributed by atoms with E-state index in [1.54, 1.807) is 6.07 Å². The molecule has 0 spiro atoms. The number of rotatable bonds is 6. The van der Waals surface area contributed by atoms with Crippen LogP contribution in [0.15, 0.2) is 18.2 Å². The van der Waals surface area contributed by atoms with Crippen LogP contribution in [0.3, 0.4) is 0 Å². The lowest BCUT2D eigenvalue weighted by molar-refractivity contribution is 0.168. The van der Waals surface area contributed by atoms with E-state index >= 15 is 0 Å². The minimum absolute atomic E-state index is 0.159. The molecular weight excluding hydrogens is 261 g/mol. The molecule has 2 atom stereocenters. The summed E-state index contributed by atoms with van der Waals surface area (Å²) in [5, 5.41) is 3.99. The molecule has 3 heteroatoms. The third-order valence-electron chi connectivity index (χ3n) is 4.03. The molecule has 19 heavy (non-hydrogen) atoms. The molecule has 0 bridgehead atoms. The zero-order valence-electron chi connectivity index (χ0n) is 11.8. The lowest BCUT2D eigenvalue weighted by Gasteiger charge is -2.37. The first-order valence-corrected chi connectivity index (χ1v) is 7.58. The van der Waals surface area contributed by atoms with Crippen molar-refractivity contribution in [2.45, 2.75) is 33.1 Å². The average molecular weight is 284 g/mol. The van der Waals surface area contributed by atoms with Crippen LogP contribution in [0.1, 0.15) is 32.3 Å². The van der Waals surface area contributed by atoms with Gasteiger partial charge in [0.1, 0.15) is 5.82 Å². The zero-order valence-corrected chi connectivity index (χ0v) is 12.5. The highest BCUT2D eigenvalue weighted by Gasteiger charge is 2.30. The summed E-state index contributed by atoms with van der Waals surface area (Å²) in [5.74, 6) is 1.85. The average Bonchev–Trinajstić information content (AvgIpc) is 2.32. The van der Waals surface area contributed by atoms with Crippen LogP contribution in [0.5, 0.6) is 0 Å². The lowest BCUT2D eigenvalue weighted by Crippen LogP contribution is -2.37. The smallest absolute Gasteiger partial charge is 0.127 e. The van der Waals surface area contributed by atoms with Gasteiger partial charge in [-0.3, -0.25) is 0 Å². The van der Waals surface area contributed by atoms with Gasteiger partial charge < -0.3 is 5.32 Å². The van der Waals surface area contributed by atoms with Crippen molar-refractivity contribution < 1.29 is 4.39 Å². The van der Waals surface area contributed by atoms with Gasteiger partial charge in [-0.15, -0.1) is 0 Å². The maximum atomic E-state index is 13.8. The van der Waals surface area contributed by atoms with Crippen molar-refractivity contribution in [3.63, 3.8) is 0 Å². The summed E-state index contributed by atoms with van der Waals surface area (Å²) in [5.41, 5.74) is 0.808. The monoisotopic (exact) mass is 283 g/mol. The second-order valence-electron chi connectivity index (χ2n) is 6.09. The highest BCUT2D eigenvalue weighted by atomic mass is 35.5. The first-order valence-electron chi connectivity index (χ1n) is 7.21. The van der Waals surface area contributed by atoms with Crippen molar-refractivity contribution in [1.82, 2.24) is 5.32 Å². The van der Waals surface area contributed by atoms with Crippen LogP contribution in [0, 0.1) is 23.6 Å². The fourth-order valence-corrected chi connectivity index (χ4v) is 2.86. The maximum Gasteiger partial charge on any atom is 0.127 e. The Hall–Kier alpha value is -0.600. The third kappa shape index (κ3) is 4.19. The van der Waals surface area contributed by atoms with Crippen molar-refractivity contribution in [1.29, 1.82) is 0 Å². The minimum Gasteiger partial charge on any atom is -0.316 e. The van der Waals surface area contributed by atoms with E-state index in [1.807, 2.05) is 6.07 Å². The quantitative estimate of drug-likeness (QED) is 0.821. The van der Waals surface area contributed by atoms with Crippen LogP contribution in [-0.2, 0) is 6.42 Å². The molecule has 1 saturated carbocycles. The van der Waals surface area contributed by atoms with Crippen LogP contribution in [0.4, 0.5) is 4.39 Å². The Bertz CT molecular complexity index is 419. The van der Waals surface area contributed by atoms with Crippen LogP contribution in [0.2, 0.25) is 5.02 Å². The van der Waals surface area contributed by atoms with Crippen LogP contribution in [0.25, 0.3) is 0 Å². The number of hydrogen-bond acceptors (Lipinski definition) is 1. The predicted molar refractivity (Wildman–Crippen MR) is 79.0 cm³/mol. The van der Waals surface area contributed by atoms with E-state index in [0.29, 0.717) is 22.8 Å². The maximum absolute atomic E-state index is 13.8. The molecular formula is C16H23ClFN. The molecule has 1 aliphatic rings. The first kappa shape index (κ1) is 14.8. The van der Waals surface area contributed by atoms with Crippen molar-refractivity contribution in [3.8, 4) is 0 Å². The van der Waals surface area contributed by atoms with Gasteiger partial charge in [-0.2, -0.15) is 0 Å². The summed E-state index contributed by atoms with van der Waals surface area (Å²) in [7, 11) is 0. The van der Waals surface area contributed by atoms with Crippen molar-refractivity contribution in [3.05, 3.63) is 34.6 Å². The predicted octanol–water partition coefficient (Wildman–Crippen LogP) is 4.29. The second kappa shape index (κ2) is 6.71. The Kier molecular flexibility index (Phi) is 5.23. The molecule has 1 nitrogen and oxygen atoms in total. The molecule has 2 rings (SSSR count). The summed E-state index contributed by atoms with van der Waals surface area (Å²) < 4.78 is 13.8. The summed E-state index contributed by atoms with van der Waals surface area (Å²) >= 11 is 5.78. The molecule has 0 saturated heterocycles. The van der Waals surface area contributed by atoms with Gasteiger partial charge >= 0.3 is 0 Å². The summed E-state index contributed by atoms with van der Waals surface area (Å²) in [6.07, 6.45) is 3.33. The van der Waals surface area contributed by atoms with E-state index < -0.39 is 0 Å². The number of benzene rings is 1. The Morgan fingerprint density at radius 2 is 2.05 bits per heavy atom. The Labute approximate surface area is 120 Å². The van der Waals surface area contributed by atoms with Gasteiger partial charge in [-0.25, -0.2) is 4.39 Å². The fourth-order valence-electron chi connectivity index (χ4n) is 2.70. The lowest BCUT2D eigenvalue weighted by atomic mass is 9.70. The summed E-state index contributed by atoms with van der Waals surface area (Å²) in [6.45, 7) is 6.57. The van der Waals surface area contributed by atoms with Gasteiger partial charge in [-0.1, -0.05) is 31.5 Å². The Morgan fingerprint density at radius 3 is 2.63 bits per heavy atom. The van der Waals surface area contributed by atoms with Gasteiger partial charge in [0, 0.05) is 5.02 Å². The summed E-state index contributed by atoms with van der Waals surface area (Å²) in [6, 6.07) is 5.03. The highest BCUT2D eigenvalue weighted by Crippen LogP contribution is 2.37. The topological polar surface area (TPSA) is 12.0 Å². The van der Waals surface area contributed by atoms with Gasteiger partial charge in [0.25, 0.3) is 0 Å². The van der Waals surface area contributed by atoms with Crippen LogP contribution < -0.4 is 5.32 Å². The molecule has 0 aromatic heterocycles. The van der Waals surface area contributed by atoms with Crippen molar-refractivity contribution >= 4 is 11.6 Å². The van der Waals surface area contributed by atoms with E-state index in [4.69, 9.17) is 11.6 Å². The van der Waals surface area contributed by atoms with Crippen LogP contribution >= 0.6 is 11.6 Å². The third-order valence-corrected chi connectivity index (χ3v) is 4.27. The summed E-state index contributed by atoms with van der Waals surface area (Å²) in [4.78, 5) is 0. The molecule has 0 amide bonds. The van der Waals surface area contributed by atoms with E-state index in [9.17, 15) is 4.39 Å². The largest absolute Gasteiger partial charge is 0.316 e. The van der Waals surface area contributed by atoms with E-state index in [-0.39, 0.29) is 5.82 Å². The zero-order chi connectivity index (χ0) is 13.8. The number of hydrogen-bond donors (Lipinski definition) is 1. The molecule has 1 fully saturated rings. The van der Waals surface area contributed by atoms with Crippen molar-refractivity contribution in [2.24, 2.45) is 17.8 Å². The molecule has 1 aromatic rings. The standard InChI is InChI=1S/C16H23ClFN/c1-11(2)9-19-10-14-4-3-12(14)7-13-5-6-15(17)8-16(13)18/h5-6,8,11-12,14,19H,3-4,7,9-10H2,1-2H3. The van der Waals surface area contributed by atoms with E-state index in [0.717, 1.165) is 25.1 Å². The van der Waals surface area contributed by atoms with Gasteiger partial charge in [-0.05, 0) is 67.8 Å². The van der Waals surface area contributed by atoms with E-state index in [2.05, 4.69) is 19.2 Å². The molecule has 1 aromatic carbocycles. The molecule has 0 heterocycles. The minimum atomic E-state index is -0.159. The van der Waals surface area contributed by atoms with Gasteiger partial charge in [0.2, 0.25) is 0 Å². The van der Waals surface area contributed by atoms with Crippen LogP contribution in [-0.4, -0.2) is 13.1 Å². The number of halogens is 2.